The molecule has 1 N–H and O–H groups in total. The molecule has 0 heterocycles. The third kappa shape index (κ3) is 7.30. The van der Waals surface area contributed by atoms with E-state index in [2.05, 4.69) is 19.9 Å². The summed E-state index contributed by atoms with van der Waals surface area (Å²) in [4.78, 5) is 34.2. The third-order valence-corrected chi connectivity index (χ3v) is 5.12. The van der Waals surface area contributed by atoms with Crippen molar-refractivity contribution in [2.45, 2.75) is 39.4 Å². The second kappa shape index (κ2) is 9.61. The number of carbonyl (C=O) groups is 3. The Balaban J connectivity index is 2.37. The Labute approximate surface area is 153 Å². The first-order valence-corrected chi connectivity index (χ1v) is 9.26. The quantitative estimate of drug-likeness (QED) is 0.383. The highest BCUT2D eigenvalue weighted by atomic mass is 32.2. The van der Waals surface area contributed by atoms with E-state index in [9.17, 15) is 14.4 Å². The van der Waals surface area contributed by atoms with Crippen LogP contribution in [0, 0.1) is 11.3 Å². The normalized spacial score (nSPS) is 20.2. The number of allylic oxidation sites excluding steroid dienone is 4. The number of aliphatic carboxylic acids is 1. The van der Waals surface area contributed by atoms with E-state index < -0.39 is 11.9 Å². The SMILES string of the molecule is CC1=CC=CC(C)(C)C1C(=O)CC(C)SCCOC(=O)/C=C\C(=O)O. The minimum absolute atomic E-state index is 0.0977. The van der Waals surface area contributed by atoms with Crippen LogP contribution >= 0.6 is 11.8 Å². The Bertz CT molecular complexity index is 601. The number of carboxylic acids is 1. The Morgan fingerprint density at radius 3 is 2.64 bits per heavy atom. The van der Waals surface area contributed by atoms with Crippen molar-refractivity contribution in [2.75, 3.05) is 12.4 Å². The van der Waals surface area contributed by atoms with Crippen LogP contribution in [0.1, 0.15) is 34.1 Å². The number of esters is 1. The maximum Gasteiger partial charge on any atom is 0.331 e. The van der Waals surface area contributed by atoms with Crippen molar-refractivity contribution < 1.29 is 24.2 Å². The molecule has 0 aromatic carbocycles. The molecule has 1 aliphatic carbocycles. The van der Waals surface area contributed by atoms with E-state index in [4.69, 9.17) is 9.84 Å². The van der Waals surface area contributed by atoms with Gasteiger partial charge in [0.25, 0.3) is 0 Å². The number of carboxylic acid groups (broad SMARTS) is 1. The van der Waals surface area contributed by atoms with Crippen LogP contribution in [0.2, 0.25) is 0 Å². The van der Waals surface area contributed by atoms with Crippen LogP contribution in [0.3, 0.4) is 0 Å². The summed E-state index contributed by atoms with van der Waals surface area (Å²) in [5.74, 6) is -1.18. The minimum Gasteiger partial charge on any atom is -0.478 e. The topological polar surface area (TPSA) is 80.7 Å². The lowest BCUT2D eigenvalue weighted by molar-refractivity contribution is -0.138. The van der Waals surface area contributed by atoms with Gasteiger partial charge in [0.1, 0.15) is 12.4 Å². The number of ketones is 1. The van der Waals surface area contributed by atoms with Gasteiger partial charge in [-0.3, -0.25) is 4.79 Å². The second-order valence-electron chi connectivity index (χ2n) is 6.72. The molecule has 138 valence electrons. The Morgan fingerprint density at radius 1 is 1.36 bits per heavy atom. The van der Waals surface area contributed by atoms with Crippen LogP contribution < -0.4 is 0 Å². The maximum atomic E-state index is 12.7. The van der Waals surface area contributed by atoms with Gasteiger partial charge >= 0.3 is 11.9 Å². The molecule has 0 saturated heterocycles. The largest absolute Gasteiger partial charge is 0.478 e. The number of carbonyl (C=O) groups excluding carboxylic acids is 2. The predicted molar refractivity (Wildman–Crippen MR) is 99.4 cm³/mol. The lowest BCUT2D eigenvalue weighted by Gasteiger charge is -2.34. The molecule has 0 spiro atoms. The molecule has 0 bridgehead atoms. The molecule has 0 fully saturated rings. The van der Waals surface area contributed by atoms with E-state index in [-0.39, 0.29) is 29.0 Å². The highest BCUT2D eigenvalue weighted by molar-refractivity contribution is 7.99. The number of hydrogen-bond acceptors (Lipinski definition) is 5. The Hall–Kier alpha value is -1.82. The van der Waals surface area contributed by atoms with Crippen LogP contribution in [0.25, 0.3) is 0 Å². The molecule has 0 radical (unpaired) electrons. The van der Waals surface area contributed by atoms with Gasteiger partial charge in [0, 0.05) is 35.5 Å². The average molecular weight is 366 g/mol. The zero-order chi connectivity index (χ0) is 19.0. The summed E-state index contributed by atoms with van der Waals surface area (Å²) < 4.78 is 4.90. The van der Waals surface area contributed by atoms with Gasteiger partial charge in [0.15, 0.2) is 0 Å². The fourth-order valence-corrected chi connectivity index (χ4v) is 3.80. The molecular formula is C19H26O5S. The van der Waals surface area contributed by atoms with Gasteiger partial charge in [0.05, 0.1) is 0 Å². The summed E-state index contributed by atoms with van der Waals surface area (Å²) in [6, 6.07) is 0. The second-order valence-corrected chi connectivity index (χ2v) is 8.26. The number of hydrogen-bond donors (Lipinski definition) is 1. The lowest BCUT2D eigenvalue weighted by atomic mass is 9.69. The molecule has 2 unspecified atom stereocenters. The monoisotopic (exact) mass is 366 g/mol. The van der Waals surface area contributed by atoms with Crippen molar-refractivity contribution in [2.24, 2.45) is 11.3 Å². The van der Waals surface area contributed by atoms with Gasteiger partial charge in [-0.1, -0.05) is 44.6 Å². The van der Waals surface area contributed by atoms with E-state index in [0.29, 0.717) is 12.2 Å². The standard InChI is InChI=1S/C19H26O5S/c1-13-6-5-9-19(3,4)18(13)15(20)12-14(2)25-11-10-24-17(23)8-7-16(21)22/h5-9,14,18H,10-12H2,1-4H3,(H,21,22)/b8-7-. The summed E-state index contributed by atoms with van der Waals surface area (Å²) >= 11 is 1.56. The lowest BCUT2D eigenvalue weighted by Crippen LogP contribution is -2.33. The summed E-state index contributed by atoms with van der Waals surface area (Å²) in [6.45, 7) is 8.31. The molecule has 5 nitrogen and oxygen atoms in total. The van der Waals surface area contributed by atoms with Crippen molar-refractivity contribution in [3.05, 3.63) is 36.0 Å². The highest BCUT2D eigenvalue weighted by Gasteiger charge is 2.35. The first kappa shape index (κ1) is 21.2. The molecule has 0 aromatic rings. The number of thioether (sulfide) groups is 1. The molecule has 0 aliphatic heterocycles. The molecule has 0 amide bonds. The number of ether oxygens (including phenoxy) is 1. The van der Waals surface area contributed by atoms with Crippen LogP contribution in [-0.2, 0) is 19.1 Å². The average Bonchev–Trinajstić information content (AvgIpc) is 2.48. The smallest absolute Gasteiger partial charge is 0.331 e. The fraction of sp³-hybridized carbons (Fsp3) is 0.526. The van der Waals surface area contributed by atoms with E-state index >= 15 is 0 Å². The van der Waals surface area contributed by atoms with Gasteiger partial charge in [-0.15, -0.1) is 0 Å². The summed E-state index contributed by atoms with van der Waals surface area (Å²) in [5, 5.41) is 8.54. The Morgan fingerprint density at radius 2 is 2.04 bits per heavy atom. The van der Waals surface area contributed by atoms with Crippen LogP contribution in [0.5, 0.6) is 0 Å². The minimum atomic E-state index is -1.19. The van der Waals surface area contributed by atoms with Crippen LogP contribution in [0.15, 0.2) is 36.0 Å². The maximum absolute atomic E-state index is 12.7. The van der Waals surface area contributed by atoms with Crippen LogP contribution in [-0.4, -0.2) is 40.4 Å². The third-order valence-electron chi connectivity index (χ3n) is 3.99. The predicted octanol–water partition coefficient (Wildman–Crippen LogP) is 3.41. The van der Waals surface area contributed by atoms with Gasteiger partial charge < -0.3 is 9.84 Å². The van der Waals surface area contributed by atoms with E-state index in [0.717, 1.165) is 17.7 Å². The zero-order valence-corrected chi connectivity index (χ0v) is 16.0. The van der Waals surface area contributed by atoms with Crippen molar-refractivity contribution in [3.8, 4) is 0 Å². The summed E-state index contributed by atoms with van der Waals surface area (Å²) in [6.07, 6.45) is 8.16. The van der Waals surface area contributed by atoms with Gasteiger partial charge in [-0.05, 0) is 12.3 Å². The molecule has 1 rings (SSSR count). The van der Waals surface area contributed by atoms with Gasteiger partial charge in [-0.2, -0.15) is 11.8 Å². The summed E-state index contributed by atoms with van der Waals surface area (Å²) in [7, 11) is 0. The molecule has 25 heavy (non-hydrogen) atoms. The van der Waals surface area contributed by atoms with E-state index in [1.165, 1.54) is 0 Å². The van der Waals surface area contributed by atoms with Gasteiger partial charge in [0.2, 0.25) is 0 Å². The van der Waals surface area contributed by atoms with E-state index in [1.807, 2.05) is 26.0 Å². The highest BCUT2D eigenvalue weighted by Crippen LogP contribution is 2.38. The molecule has 1 aliphatic rings. The number of rotatable bonds is 9. The molecule has 2 atom stereocenters. The molecule has 0 aromatic heterocycles. The zero-order valence-electron chi connectivity index (χ0n) is 15.2. The van der Waals surface area contributed by atoms with Gasteiger partial charge in [-0.25, -0.2) is 9.59 Å². The molecule has 0 saturated carbocycles. The van der Waals surface area contributed by atoms with Crippen molar-refractivity contribution in [1.29, 1.82) is 0 Å². The van der Waals surface area contributed by atoms with Crippen molar-refractivity contribution in [1.82, 2.24) is 0 Å². The first-order valence-electron chi connectivity index (χ1n) is 8.21. The van der Waals surface area contributed by atoms with Crippen molar-refractivity contribution in [3.63, 3.8) is 0 Å². The van der Waals surface area contributed by atoms with Crippen LogP contribution in [0.4, 0.5) is 0 Å². The number of Topliss-reactive ketones (excluding diaryl/α,β-unsaturated/α-hetero) is 1. The molecule has 6 heteroatoms. The summed E-state index contributed by atoms with van der Waals surface area (Å²) in [5.41, 5.74) is 0.917. The van der Waals surface area contributed by atoms with E-state index in [1.54, 1.807) is 11.8 Å². The fourth-order valence-electron chi connectivity index (χ4n) is 2.94. The Kier molecular flexibility index (Phi) is 8.16. The molecular weight excluding hydrogens is 340 g/mol. The van der Waals surface area contributed by atoms with Crippen molar-refractivity contribution >= 4 is 29.5 Å². The first-order chi connectivity index (χ1) is 11.6.